The van der Waals surface area contributed by atoms with Gasteiger partial charge in [0.1, 0.15) is 29.7 Å². The van der Waals surface area contributed by atoms with Gasteiger partial charge in [-0.3, -0.25) is 9.67 Å². The normalized spacial score (nSPS) is 10.9. The number of halogens is 2. The van der Waals surface area contributed by atoms with E-state index in [1.807, 2.05) is 12.1 Å². The van der Waals surface area contributed by atoms with Crippen LogP contribution in [0.15, 0.2) is 67.1 Å². The molecule has 5 aromatic rings. The van der Waals surface area contributed by atoms with Gasteiger partial charge in [0.25, 0.3) is 0 Å². The van der Waals surface area contributed by atoms with Gasteiger partial charge in [0.15, 0.2) is 17.4 Å². The molecule has 0 bridgehead atoms. The molecule has 3 heterocycles. The zero-order valence-electron chi connectivity index (χ0n) is 21.8. The number of fused-ring (bicyclic) bond motifs is 1. The maximum atomic E-state index is 14.9. The van der Waals surface area contributed by atoms with Crippen molar-refractivity contribution < 1.29 is 28.2 Å². The van der Waals surface area contributed by atoms with Crippen molar-refractivity contribution in [2.45, 2.75) is 13.5 Å². The van der Waals surface area contributed by atoms with Gasteiger partial charge in [0.2, 0.25) is 0 Å². The summed E-state index contributed by atoms with van der Waals surface area (Å²) in [5.41, 5.74) is 1.54. The summed E-state index contributed by atoms with van der Waals surface area (Å²) in [5.74, 6) is -0.554. The average molecular weight is 562 g/mol. The van der Waals surface area contributed by atoms with E-state index in [2.05, 4.69) is 30.7 Å². The molecule has 0 aliphatic rings. The van der Waals surface area contributed by atoms with Crippen LogP contribution in [0.2, 0.25) is 0 Å². The third-order valence-corrected chi connectivity index (χ3v) is 5.94. The maximum Gasteiger partial charge on any atom is 0.404 e. The van der Waals surface area contributed by atoms with Crippen LogP contribution in [0, 0.1) is 11.6 Å². The van der Waals surface area contributed by atoms with Crippen molar-refractivity contribution in [1.82, 2.24) is 30.0 Å². The highest BCUT2D eigenvalue weighted by Crippen LogP contribution is 2.32. The lowest BCUT2D eigenvalue weighted by atomic mass is 10.1. The lowest BCUT2D eigenvalue weighted by Gasteiger charge is -2.13. The van der Waals surface area contributed by atoms with Gasteiger partial charge in [-0.25, -0.2) is 23.5 Å². The molecule has 13 heteroatoms. The van der Waals surface area contributed by atoms with Crippen molar-refractivity contribution in [1.29, 1.82) is 0 Å². The Balaban J connectivity index is 1.51. The summed E-state index contributed by atoms with van der Waals surface area (Å²) in [4.78, 5) is 23.8. The van der Waals surface area contributed by atoms with Crippen LogP contribution >= 0.6 is 0 Å². The van der Waals surface area contributed by atoms with Crippen molar-refractivity contribution in [3.8, 4) is 23.0 Å². The topological polar surface area (TPSA) is 136 Å². The number of para-hydroxylation sites is 1. The van der Waals surface area contributed by atoms with Crippen LogP contribution in [-0.4, -0.2) is 55.7 Å². The minimum atomic E-state index is -1.16. The number of amides is 1. The molecule has 0 radical (unpaired) electrons. The van der Waals surface area contributed by atoms with Gasteiger partial charge in [-0.05, 0) is 25.1 Å². The van der Waals surface area contributed by atoms with Crippen molar-refractivity contribution in [3.05, 3.63) is 84.3 Å². The van der Waals surface area contributed by atoms with Crippen LogP contribution < -0.4 is 20.1 Å². The average Bonchev–Trinajstić information content (AvgIpc) is 3.33. The molecule has 1 amide bonds. The predicted octanol–water partition coefficient (Wildman–Crippen LogP) is 5.00. The van der Waals surface area contributed by atoms with E-state index >= 15 is 0 Å². The van der Waals surface area contributed by atoms with Gasteiger partial charge in [-0.15, -0.1) is 0 Å². The largest absolute Gasteiger partial charge is 0.494 e. The highest BCUT2D eigenvalue weighted by Gasteiger charge is 2.20. The molecular weight excluding hydrogens is 536 g/mol. The number of rotatable bonds is 11. The van der Waals surface area contributed by atoms with Crippen molar-refractivity contribution in [2.75, 3.05) is 25.1 Å². The van der Waals surface area contributed by atoms with Gasteiger partial charge in [0, 0.05) is 41.2 Å². The number of hydrogen-bond donors (Lipinski definition) is 3. The van der Waals surface area contributed by atoms with Gasteiger partial charge >= 0.3 is 6.09 Å². The second-order valence-electron chi connectivity index (χ2n) is 8.67. The Hall–Kier alpha value is -5.33. The van der Waals surface area contributed by atoms with Gasteiger partial charge < -0.3 is 25.2 Å². The molecule has 5 rings (SSSR count). The van der Waals surface area contributed by atoms with E-state index in [0.717, 1.165) is 12.1 Å². The van der Waals surface area contributed by atoms with E-state index in [0.29, 0.717) is 28.1 Å². The lowest BCUT2D eigenvalue weighted by molar-refractivity contribution is 0.191. The standard InChI is InChI=1S/C28H25F2N7O4/c1-2-40-18-13-21(29)20(22(30)14-18)16-37-23-6-4-3-5-19(23)25(36-37)27-33-15-24(41-12-11-32-28(38)39)26(35-27)34-17-7-9-31-10-8-17/h3-10,13-15,32H,2,11-12,16H2,1H3,(H,38,39)(H,31,33,34,35). The minimum Gasteiger partial charge on any atom is -0.494 e. The summed E-state index contributed by atoms with van der Waals surface area (Å²) in [6.07, 6.45) is 3.50. The fourth-order valence-corrected chi connectivity index (χ4v) is 4.11. The molecule has 11 nitrogen and oxygen atoms in total. The van der Waals surface area contributed by atoms with Crippen LogP contribution in [0.4, 0.5) is 25.1 Å². The number of benzene rings is 2. The van der Waals surface area contributed by atoms with E-state index < -0.39 is 17.7 Å². The number of carbonyl (C=O) groups is 1. The maximum absolute atomic E-state index is 14.9. The number of anilines is 2. The third-order valence-electron chi connectivity index (χ3n) is 5.94. The third kappa shape index (κ3) is 6.30. The Morgan fingerprint density at radius 1 is 1.07 bits per heavy atom. The monoisotopic (exact) mass is 561 g/mol. The van der Waals surface area contributed by atoms with Crippen LogP contribution in [-0.2, 0) is 6.54 Å². The summed E-state index contributed by atoms with van der Waals surface area (Å²) in [6.45, 7) is 1.93. The summed E-state index contributed by atoms with van der Waals surface area (Å²) >= 11 is 0. The first kappa shape index (κ1) is 27.2. The molecule has 2 aromatic carbocycles. The summed E-state index contributed by atoms with van der Waals surface area (Å²) in [6, 6.07) is 13.0. The smallest absolute Gasteiger partial charge is 0.404 e. The highest BCUT2D eigenvalue weighted by molar-refractivity contribution is 5.92. The highest BCUT2D eigenvalue weighted by atomic mass is 19.1. The van der Waals surface area contributed by atoms with Crippen LogP contribution in [0.1, 0.15) is 12.5 Å². The van der Waals surface area contributed by atoms with Crippen LogP contribution in [0.5, 0.6) is 11.5 Å². The van der Waals surface area contributed by atoms with Crippen molar-refractivity contribution in [3.63, 3.8) is 0 Å². The van der Waals surface area contributed by atoms with Crippen molar-refractivity contribution >= 4 is 28.5 Å². The molecule has 0 spiro atoms. The number of ether oxygens (including phenoxy) is 2. The second-order valence-corrected chi connectivity index (χ2v) is 8.67. The summed E-state index contributed by atoms with van der Waals surface area (Å²) in [7, 11) is 0. The number of pyridine rings is 1. The van der Waals surface area contributed by atoms with E-state index in [4.69, 9.17) is 14.6 Å². The number of nitrogens with one attached hydrogen (secondary N) is 2. The fraction of sp³-hybridized carbons (Fsp3) is 0.179. The van der Waals surface area contributed by atoms with Crippen molar-refractivity contribution in [2.24, 2.45) is 0 Å². The first-order valence-electron chi connectivity index (χ1n) is 12.6. The first-order chi connectivity index (χ1) is 19.9. The Morgan fingerprint density at radius 2 is 1.83 bits per heavy atom. The van der Waals surface area contributed by atoms with Crippen LogP contribution in [0.25, 0.3) is 22.4 Å². The first-order valence-corrected chi connectivity index (χ1v) is 12.6. The van der Waals surface area contributed by atoms with E-state index in [1.165, 1.54) is 10.9 Å². The van der Waals surface area contributed by atoms with Gasteiger partial charge in [-0.1, -0.05) is 18.2 Å². The summed E-state index contributed by atoms with van der Waals surface area (Å²) in [5, 5.41) is 19.5. The number of carboxylic acid groups (broad SMARTS) is 1. The number of nitrogens with zero attached hydrogens (tertiary/aromatic N) is 5. The molecule has 0 saturated heterocycles. The molecule has 3 aromatic heterocycles. The SMILES string of the molecule is CCOc1cc(F)c(Cn2nc(-c3ncc(OCCNC(=O)O)c(Nc4ccncc4)n3)c3ccccc32)c(F)c1. The molecule has 0 atom stereocenters. The molecule has 210 valence electrons. The second kappa shape index (κ2) is 12.2. The fourth-order valence-electron chi connectivity index (χ4n) is 4.11. The Labute approximate surface area is 232 Å². The molecular formula is C28H25F2N7O4. The van der Waals surface area contributed by atoms with E-state index in [-0.39, 0.29) is 49.2 Å². The molecule has 0 unspecified atom stereocenters. The Morgan fingerprint density at radius 3 is 2.56 bits per heavy atom. The molecule has 0 aliphatic carbocycles. The number of hydrogen-bond acceptors (Lipinski definition) is 8. The Bertz CT molecular complexity index is 1660. The predicted molar refractivity (Wildman–Crippen MR) is 146 cm³/mol. The molecule has 0 aliphatic heterocycles. The van der Waals surface area contributed by atoms with E-state index in [1.54, 1.807) is 43.6 Å². The number of aromatic nitrogens is 5. The van der Waals surface area contributed by atoms with Gasteiger partial charge in [0.05, 0.1) is 31.4 Å². The molecule has 0 fully saturated rings. The molecule has 0 saturated carbocycles. The zero-order chi connectivity index (χ0) is 28.8. The lowest BCUT2D eigenvalue weighted by Crippen LogP contribution is -2.26. The summed E-state index contributed by atoms with van der Waals surface area (Å²) < 4.78 is 42.2. The van der Waals surface area contributed by atoms with Crippen LogP contribution in [0.3, 0.4) is 0 Å². The quantitative estimate of drug-likeness (QED) is 0.190. The minimum absolute atomic E-state index is 0.0385. The zero-order valence-corrected chi connectivity index (χ0v) is 21.8. The van der Waals surface area contributed by atoms with E-state index in [9.17, 15) is 13.6 Å². The molecule has 3 N–H and O–H groups in total. The van der Waals surface area contributed by atoms with Gasteiger partial charge in [-0.2, -0.15) is 5.10 Å². The Kier molecular flexibility index (Phi) is 8.13. The molecule has 41 heavy (non-hydrogen) atoms.